The van der Waals surface area contributed by atoms with Crippen LogP contribution in [0.25, 0.3) is 11.1 Å². The first-order chi connectivity index (χ1) is 8.52. The first-order valence-corrected chi connectivity index (χ1v) is 5.64. The fraction of sp³-hybridized carbons (Fsp3) is 0.214. The molecule has 2 rings (SSSR count). The monoisotopic (exact) mass is 244 g/mol. The van der Waals surface area contributed by atoms with Gasteiger partial charge in [0.1, 0.15) is 17.3 Å². The maximum absolute atomic E-state index is 9.43. The first kappa shape index (κ1) is 12.2. The van der Waals surface area contributed by atoms with E-state index >= 15 is 0 Å². The summed E-state index contributed by atoms with van der Waals surface area (Å²) in [7, 11) is 1.60. The van der Waals surface area contributed by atoms with Crippen LogP contribution in [0.1, 0.15) is 11.3 Å². The third-order valence-corrected chi connectivity index (χ3v) is 2.92. The summed E-state index contributed by atoms with van der Waals surface area (Å²) in [5.74, 6) is 1.40. The molecule has 1 aromatic heterocycles. The minimum atomic E-state index is 0.238. The van der Waals surface area contributed by atoms with E-state index in [4.69, 9.17) is 10.5 Å². The number of anilines is 1. The molecular weight excluding hydrogens is 228 g/mol. The number of pyridine rings is 1. The standard InChI is InChI=1S/C14H16N2O2/c1-8-6-10(17)4-5-11(8)12-7-13(18-3)9(2)16-14(12)15/h4-7,17H,1-3H3,(H2,15,16). The highest BCUT2D eigenvalue weighted by Crippen LogP contribution is 2.33. The Morgan fingerprint density at radius 1 is 1.17 bits per heavy atom. The number of nitrogen functional groups attached to an aromatic ring is 1. The van der Waals surface area contributed by atoms with Crippen LogP contribution in [-0.2, 0) is 0 Å². The first-order valence-electron chi connectivity index (χ1n) is 5.64. The molecule has 18 heavy (non-hydrogen) atoms. The Kier molecular flexibility index (Phi) is 3.10. The summed E-state index contributed by atoms with van der Waals surface area (Å²) in [5, 5.41) is 9.43. The third kappa shape index (κ3) is 2.09. The fourth-order valence-corrected chi connectivity index (χ4v) is 1.98. The maximum atomic E-state index is 9.43. The van der Waals surface area contributed by atoms with E-state index in [-0.39, 0.29) is 5.75 Å². The minimum Gasteiger partial charge on any atom is -0.508 e. The molecule has 94 valence electrons. The van der Waals surface area contributed by atoms with Crippen molar-refractivity contribution in [3.63, 3.8) is 0 Å². The number of aromatic hydroxyl groups is 1. The van der Waals surface area contributed by atoms with Gasteiger partial charge in [0.2, 0.25) is 0 Å². The second kappa shape index (κ2) is 4.56. The Morgan fingerprint density at radius 3 is 2.50 bits per heavy atom. The van der Waals surface area contributed by atoms with Gasteiger partial charge in [-0.25, -0.2) is 4.98 Å². The highest BCUT2D eigenvalue weighted by molar-refractivity contribution is 5.78. The summed E-state index contributed by atoms with van der Waals surface area (Å²) >= 11 is 0. The van der Waals surface area contributed by atoms with E-state index in [1.54, 1.807) is 19.2 Å². The number of rotatable bonds is 2. The molecule has 0 radical (unpaired) electrons. The fourth-order valence-electron chi connectivity index (χ4n) is 1.98. The Labute approximate surface area is 106 Å². The van der Waals surface area contributed by atoms with Crippen molar-refractivity contribution in [1.29, 1.82) is 0 Å². The molecule has 0 aliphatic heterocycles. The summed E-state index contributed by atoms with van der Waals surface area (Å²) in [6, 6.07) is 7.03. The van der Waals surface area contributed by atoms with Gasteiger partial charge in [-0.05, 0) is 43.2 Å². The normalized spacial score (nSPS) is 10.4. The van der Waals surface area contributed by atoms with Crippen LogP contribution in [0.15, 0.2) is 24.3 Å². The predicted octanol–water partition coefficient (Wildman–Crippen LogP) is 2.66. The van der Waals surface area contributed by atoms with Crippen molar-refractivity contribution in [3.05, 3.63) is 35.5 Å². The molecule has 2 aromatic rings. The summed E-state index contributed by atoms with van der Waals surface area (Å²) < 4.78 is 5.26. The molecule has 0 saturated heterocycles. The Hall–Kier alpha value is -2.23. The van der Waals surface area contributed by atoms with Crippen molar-refractivity contribution in [1.82, 2.24) is 4.98 Å². The molecule has 0 spiro atoms. The lowest BCUT2D eigenvalue weighted by Gasteiger charge is -2.12. The smallest absolute Gasteiger partial charge is 0.140 e. The van der Waals surface area contributed by atoms with Gasteiger partial charge in [-0.15, -0.1) is 0 Å². The van der Waals surface area contributed by atoms with Crippen LogP contribution in [-0.4, -0.2) is 17.2 Å². The molecule has 1 heterocycles. The van der Waals surface area contributed by atoms with E-state index in [2.05, 4.69) is 4.98 Å². The Balaban J connectivity index is 2.63. The number of phenolic OH excluding ortho intramolecular Hbond substituents is 1. The molecule has 4 nitrogen and oxygen atoms in total. The van der Waals surface area contributed by atoms with Gasteiger partial charge in [0.25, 0.3) is 0 Å². The van der Waals surface area contributed by atoms with E-state index in [0.717, 1.165) is 22.4 Å². The van der Waals surface area contributed by atoms with Gasteiger partial charge < -0.3 is 15.6 Å². The van der Waals surface area contributed by atoms with Crippen molar-refractivity contribution in [2.24, 2.45) is 0 Å². The predicted molar refractivity (Wildman–Crippen MR) is 71.8 cm³/mol. The molecule has 0 saturated carbocycles. The highest BCUT2D eigenvalue weighted by Gasteiger charge is 2.11. The van der Waals surface area contributed by atoms with E-state index < -0.39 is 0 Å². The molecule has 0 fully saturated rings. The molecular formula is C14H16N2O2. The molecule has 0 aliphatic rings. The molecule has 0 atom stereocenters. The number of hydrogen-bond donors (Lipinski definition) is 2. The second-order valence-corrected chi connectivity index (χ2v) is 4.21. The quantitative estimate of drug-likeness (QED) is 0.852. The summed E-state index contributed by atoms with van der Waals surface area (Å²) in [5.41, 5.74) is 9.41. The molecule has 1 aromatic carbocycles. The zero-order chi connectivity index (χ0) is 13.3. The number of phenols is 1. The number of aromatic nitrogens is 1. The van der Waals surface area contributed by atoms with E-state index in [1.165, 1.54) is 0 Å². The summed E-state index contributed by atoms with van der Waals surface area (Å²) in [6.07, 6.45) is 0. The van der Waals surface area contributed by atoms with Gasteiger partial charge in [0.05, 0.1) is 12.8 Å². The lowest BCUT2D eigenvalue weighted by atomic mass is 10.0. The number of benzene rings is 1. The number of nitrogens with zero attached hydrogens (tertiary/aromatic N) is 1. The van der Waals surface area contributed by atoms with Crippen LogP contribution in [0, 0.1) is 13.8 Å². The van der Waals surface area contributed by atoms with Crippen molar-refractivity contribution in [2.75, 3.05) is 12.8 Å². The third-order valence-electron chi connectivity index (χ3n) is 2.92. The second-order valence-electron chi connectivity index (χ2n) is 4.21. The number of aryl methyl sites for hydroxylation is 2. The average molecular weight is 244 g/mol. The summed E-state index contributed by atoms with van der Waals surface area (Å²) in [6.45, 7) is 3.77. The maximum Gasteiger partial charge on any atom is 0.140 e. The zero-order valence-corrected chi connectivity index (χ0v) is 10.7. The highest BCUT2D eigenvalue weighted by atomic mass is 16.5. The van der Waals surface area contributed by atoms with Crippen LogP contribution in [0.2, 0.25) is 0 Å². The van der Waals surface area contributed by atoms with Gasteiger partial charge in [-0.2, -0.15) is 0 Å². The van der Waals surface area contributed by atoms with Crippen LogP contribution < -0.4 is 10.5 Å². The largest absolute Gasteiger partial charge is 0.508 e. The van der Waals surface area contributed by atoms with Gasteiger partial charge in [0, 0.05) is 5.56 Å². The van der Waals surface area contributed by atoms with E-state index in [9.17, 15) is 5.11 Å². The molecule has 4 heteroatoms. The lowest BCUT2D eigenvalue weighted by Crippen LogP contribution is -2.00. The lowest BCUT2D eigenvalue weighted by molar-refractivity contribution is 0.409. The van der Waals surface area contributed by atoms with Crippen LogP contribution in [0.4, 0.5) is 5.82 Å². The van der Waals surface area contributed by atoms with E-state index in [1.807, 2.05) is 26.0 Å². The van der Waals surface area contributed by atoms with Crippen molar-refractivity contribution >= 4 is 5.82 Å². The van der Waals surface area contributed by atoms with Crippen LogP contribution in [0.5, 0.6) is 11.5 Å². The Morgan fingerprint density at radius 2 is 1.89 bits per heavy atom. The number of ether oxygens (including phenoxy) is 1. The van der Waals surface area contributed by atoms with Gasteiger partial charge in [0.15, 0.2) is 0 Å². The minimum absolute atomic E-state index is 0.238. The van der Waals surface area contributed by atoms with Crippen molar-refractivity contribution in [3.8, 4) is 22.6 Å². The number of nitrogens with two attached hydrogens (primary N) is 1. The zero-order valence-electron chi connectivity index (χ0n) is 10.7. The molecule has 0 bridgehead atoms. The number of methoxy groups -OCH3 is 1. The van der Waals surface area contributed by atoms with Gasteiger partial charge in [-0.1, -0.05) is 6.07 Å². The van der Waals surface area contributed by atoms with Crippen molar-refractivity contribution < 1.29 is 9.84 Å². The van der Waals surface area contributed by atoms with Gasteiger partial charge >= 0.3 is 0 Å². The Bertz CT molecular complexity index is 595. The molecule has 0 unspecified atom stereocenters. The summed E-state index contributed by atoms with van der Waals surface area (Å²) in [4.78, 5) is 4.27. The topological polar surface area (TPSA) is 68.4 Å². The van der Waals surface area contributed by atoms with Crippen LogP contribution in [0.3, 0.4) is 0 Å². The SMILES string of the molecule is COc1cc(-c2ccc(O)cc2C)c(N)nc1C. The van der Waals surface area contributed by atoms with Crippen molar-refractivity contribution in [2.45, 2.75) is 13.8 Å². The average Bonchev–Trinajstić information content (AvgIpc) is 2.30. The van der Waals surface area contributed by atoms with Crippen LogP contribution >= 0.6 is 0 Å². The van der Waals surface area contributed by atoms with Gasteiger partial charge in [-0.3, -0.25) is 0 Å². The number of hydrogen-bond acceptors (Lipinski definition) is 4. The molecule has 0 aliphatic carbocycles. The van der Waals surface area contributed by atoms with E-state index in [0.29, 0.717) is 11.6 Å². The molecule has 3 N–H and O–H groups in total. The molecule has 0 amide bonds.